The monoisotopic (exact) mass is 379 g/mol. The van der Waals surface area contributed by atoms with Gasteiger partial charge in [0.2, 0.25) is 0 Å². The molecule has 1 N–H and O–H groups in total. The number of fused-ring (bicyclic) bond motifs is 3. The molecule has 120 valence electrons. The van der Waals surface area contributed by atoms with E-state index in [2.05, 4.69) is 15.9 Å². The maximum atomic E-state index is 13.2. The molecule has 3 rings (SSSR count). The van der Waals surface area contributed by atoms with Crippen LogP contribution in [0, 0.1) is 0 Å². The molecule has 2 aliphatic rings. The van der Waals surface area contributed by atoms with Crippen LogP contribution in [0.1, 0.15) is 29.5 Å². The lowest BCUT2D eigenvalue weighted by Gasteiger charge is -2.37. The first-order valence-corrected chi connectivity index (χ1v) is 7.42. The smallest absolute Gasteiger partial charge is 0.416 e. The molecule has 2 atom stereocenters. The quantitative estimate of drug-likeness (QED) is 0.744. The summed E-state index contributed by atoms with van der Waals surface area (Å²) in [6.45, 7) is 1.86. The number of benzene rings is 1. The number of hydrogen-bond acceptors (Lipinski definition) is 2. The first-order chi connectivity index (χ1) is 10.1. The van der Waals surface area contributed by atoms with Gasteiger partial charge in [-0.3, -0.25) is 0 Å². The Kier molecular flexibility index (Phi) is 3.45. The zero-order valence-corrected chi connectivity index (χ0v) is 13.2. The molecule has 1 fully saturated rings. The normalized spacial score (nSPS) is 27.5. The Labute approximate surface area is 133 Å². The lowest BCUT2D eigenvalue weighted by Crippen LogP contribution is -2.41. The van der Waals surface area contributed by atoms with Crippen LogP contribution >= 0.6 is 15.9 Å². The van der Waals surface area contributed by atoms with Gasteiger partial charge in [-0.15, -0.1) is 0 Å². The number of hydrogen-bond donors (Lipinski definition) is 1. The van der Waals surface area contributed by atoms with Gasteiger partial charge in [0.1, 0.15) is 0 Å². The summed E-state index contributed by atoms with van der Waals surface area (Å²) >= 11 is 3.12. The van der Waals surface area contributed by atoms with E-state index in [1.807, 2.05) is 0 Å². The average molecular weight is 380 g/mol. The molecule has 8 heteroatoms. The Morgan fingerprint density at radius 1 is 1.50 bits per heavy atom. The zero-order chi connectivity index (χ0) is 16.3. The van der Waals surface area contributed by atoms with Crippen molar-refractivity contribution in [3.63, 3.8) is 0 Å². The van der Waals surface area contributed by atoms with Gasteiger partial charge in [0.15, 0.2) is 0 Å². The minimum absolute atomic E-state index is 0.102. The number of carbonyl (C=O) groups is 1. The van der Waals surface area contributed by atoms with Crippen LogP contribution in [-0.2, 0) is 17.5 Å². The van der Waals surface area contributed by atoms with Crippen molar-refractivity contribution < 1.29 is 27.8 Å². The number of alkyl halides is 3. The molecular weight excluding hydrogens is 367 g/mol. The minimum Gasteiger partial charge on any atom is -0.465 e. The van der Waals surface area contributed by atoms with Crippen molar-refractivity contribution in [3.8, 4) is 0 Å². The fourth-order valence-electron chi connectivity index (χ4n) is 3.31. The number of halogens is 4. The zero-order valence-electron chi connectivity index (χ0n) is 11.6. The van der Waals surface area contributed by atoms with Crippen LogP contribution in [-0.4, -0.2) is 34.8 Å². The molecule has 1 aromatic rings. The summed E-state index contributed by atoms with van der Waals surface area (Å²) in [6, 6.07) is 2.68. The summed E-state index contributed by atoms with van der Waals surface area (Å²) in [4.78, 5) is 12.4. The number of likely N-dealkylation sites (tertiary alicyclic amines) is 1. The van der Waals surface area contributed by atoms with E-state index in [1.165, 1.54) is 4.90 Å². The van der Waals surface area contributed by atoms with Gasteiger partial charge in [0.25, 0.3) is 0 Å². The van der Waals surface area contributed by atoms with Gasteiger partial charge < -0.3 is 14.7 Å². The molecule has 0 aromatic heterocycles. The summed E-state index contributed by atoms with van der Waals surface area (Å²) in [5, 5.41) is 9.14. The van der Waals surface area contributed by atoms with E-state index in [9.17, 15) is 18.0 Å². The first-order valence-electron chi connectivity index (χ1n) is 6.63. The van der Waals surface area contributed by atoms with Crippen LogP contribution < -0.4 is 0 Å². The highest BCUT2D eigenvalue weighted by atomic mass is 79.9. The second-order valence-electron chi connectivity index (χ2n) is 5.84. The average Bonchev–Trinajstić information content (AvgIpc) is 2.75. The van der Waals surface area contributed by atoms with Gasteiger partial charge in [0.05, 0.1) is 24.3 Å². The molecule has 4 nitrogen and oxygen atoms in total. The highest BCUT2D eigenvalue weighted by Crippen LogP contribution is 2.48. The Balaban J connectivity index is 2.12. The first kappa shape index (κ1) is 15.6. The van der Waals surface area contributed by atoms with E-state index in [0.717, 1.165) is 6.07 Å². The van der Waals surface area contributed by atoms with Gasteiger partial charge in [-0.25, -0.2) is 4.79 Å². The maximum absolute atomic E-state index is 13.2. The van der Waals surface area contributed by atoms with Crippen molar-refractivity contribution in [3.05, 3.63) is 33.3 Å². The van der Waals surface area contributed by atoms with Crippen LogP contribution in [0.3, 0.4) is 0 Å². The standard InChI is InChI=1S/C14H13BrF3NO3/c1-13-6-19(12(20)21)4-11(13)8-2-7(15)3-10(14(16,17)18)9(8)5-22-13/h2-3,11H,4-6H2,1H3,(H,20,21). The maximum Gasteiger partial charge on any atom is 0.416 e. The molecule has 2 heterocycles. The van der Waals surface area contributed by atoms with Gasteiger partial charge in [0, 0.05) is 16.9 Å². The van der Waals surface area contributed by atoms with Crippen molar-refractivity contribution in [2.45, 2.75) is 31.2 Å². The highest BCUT2D eigenvalue weighted by molar-refractivity contribution is 9.10. The Morgan fingerprint density at radius 3 is 2.77 bits per heavy atom. The molecule has 1 aromatic carbocycles. The van der Waals surface area contributed by atoms with Crippen LogP contribution in [0.25, 0.3) is 0 Å². The van der Waals surface area contributed by atoms with Crippen molar-refractivity contribution in [2.24, 2.45) is 0 Å². The number of carboxylic acid groups (broad SMARTS) is 1. The van der Waals surface area contributed by atoms with Crippen LogP contribution in [0.5, 0.6) is 0 Å². The van der Waals surface area contributed by atoms with Gasteiger partial charge in [-0.05, 0) is 30.2 Å². The predicted molar refractivity (Wildman–Crippen MR) is 74.7 cm³/mol. The van der Waals surface area contributed by atoms with Gasteiger partial charge >= 0.3 is 12.3 Å². The molecular formula is C14H13BrF3NO3. The van der Waals surface area contributed by atoms with E-state index in [-0.39, 0.29) is 25.3 Å². The topological polar surface area (TPSA) is 49.8 Å². The number of ether oxygens (including phenoxy) is 1. The second-order valence-corrected chi connectivity index (χ2v) is 6.75. The fraction of sp³-hybridized carbons (Fsp3) is 0.500. The lowest BCUT2D eigenvalue weighted by atomic mass is 9.80. The summed E-state index contributed by atoms with van der Waals surface area (Å²) in [6.07, 6.45) is -5.57. The second kappa shape index (κ2) is 4.86. The molecule has 0 spiro atoms. The van der Waals surface area contributed by atoms with Crippen molar-refractivity contribution in [1.82, 2.24) is 4.90 Å². The van der Waals surface area contributed by atoms with Crippen molar-refractivity contribution >= 4 is 22.0 Å². The Hall–Kier alpha value is -1.28. The van der Waals surface area contributed by atoms with E-state index in [4.69, 9.17) is 9.84 Å². The minimum atomic E-state index is -4.48. The Bertz CT molecular complexity index is 649. The molecule has 2 unspecified atom stereocenters. The third-order valence-electron chi connectivity index (χ3n) is 4.39. The predicted octanol–water partition coefficient (Wildman–Crippen LogP) is 3.83. The number of amides is 1. The summed E-state index contributed by atoms with van der Waals surface area (Å²) in [5.41, 5.74) is -0.910. The number of nitrogens with zero attached hydrogens (tertiary/aromatic N) is 1. The van der Waals surface area contributed by atoms with Gasteiger partial charge in [-0.2, -0.15) is 13.2 Å². The molecule has 2 aliphatic heterocycles. The highest BCUT2D eigenvalue weighted by Gasteiger charge is 2.51. The largest absolute Gasteiger partial charge is 0.465 e. The van der Waals surface area contributed by atoms with Crippen LogP contribution in [0.2, 0.25) is 0 Å². The Morgan fingerprint density at radius 2 is 2.18 bits per heavy atom. The lowest BCUT2D eigenvalue weighted by molar-refractivity contribution is -0.141. The molecule has 0 radical (unpaired) electrons. The molecule has 1 saturated heterocycles. The third kappa shape index (κ3) is 2.38. The molecule has 0 saturated carbocycles. The van der Waals surface area contributed by atoms with E-state index in [0.29, 0.717) is 10.0 Å². The third-order valence-corrected chi connectivity index (χ3v) is 4.85. The fourth-order valence-corrected chi connectivity index (χ4v) is 3.78. The van der Waals surface area contributed by atoms with Crippen molar-refractivity contribution in [1.29, 1.82) is 0 Å². The van der Waals surface area contributed by atoms with E-state index in [1.54, 1.807) is 13.0 Å². The van der Waals surface area contributed by atoms with Crippen LogP contribution in [0.15, 0.2) is 16.6 Å². The molecule has 0 bridgehead atoms. The van der Waals surface area contributed by atoms with E-state index < -0.39 is 29.4 Å². The summed E-state index contributed by atoms with van der Waals surface area (Å²) in [5.74, 6) is -0.411. The van der Waals surface area contributed by atoms with Crippen LogP contribution in [0.4, 0.5) is 18.0 Å². The molecule has 0 aliphatic carbocycles. The SMILES string of the molecule is CC12CN(C(=O)O)CC1c1cc(Br)cc(C(F)(F)F)c1CO2. The molecule has 22 heavy (non-hydrogen) atoms. The molecule has 1 amide bonds. The van der Waals surface area contributed by atoms with Crippen molar-refractivity contribution in [2.75, 3.05) is 13.1 Å². The summed E-state index contributed by atoms with van der Waals surface area (Å²) < 4.78 is 45.6. The summed E-state index contributed by atoms with van der Waals surface area (Å²) in [7, 11) is 0. The number of rotatable bonds is 0. The van der Waals surface area contributed by atoms with E-state index >= 15 is 0 Å². The van der Waals surface area contributed by atoms with Gasteiger partial charge in [-0.1, -0.05) is 15.9 Å².